The summed E-state index contributed by atoms with van der Waals surface area (Å²) in [5, 5.41) is 6.26. The van der Waals surface area contributed by atoms with E-state index in [1.165, 1.54) is 5.56 Å². The monoisotopic (exact) mass is 365 g/mol. The fraction of sp³-hybridized carbons (Fsp3) is 0.364. The van der Waals surface area contributed by atoms with E-state index in [4.69, 9.17) is 0 Å². The van der Waals surface area contributed by atoms with E-state index >= 15 is 0 Å². The van der Waals surface area contributed by atoms with Crippen molar-refractivity contribution in [1.29, 1.82) is 0 Å². The average molecular weight is 365 g/mol. The SMILES string of the molecule is CC(C)[C@@H](NCC(=O)Nc1ccc(N2CCCC2=O)cc1)c1ccccc1. The average Bonchev–Trinajstić information content (AvgIpc) is 3.09. The van der Waals surface area contributed by atoms with Gasteiger partial charge in [-0.05, 0) is 42.2 Å². The second kappa shape index (κ2) is 8.82. The van der Waals surface area contributed by atoms with Gasteiger partial charge in [0.2, 0.25) is 11.8 Å². The van der Waals surface area contributed by atoms with Crippen LogP contribution in [0.25, 0.3) is 0 Å². The molecule has 27 heavy (non-hydrogen) atoms. The van der Waals surface area contributed by atoms with Crippen LogP contribution in [0.2, 0.25) is 0 Å². The minimum atomic E-state index is -0.0819. The highest BCUT2D eigenvalue weighted by molar-refractivity contribution is 5.96. The zero-order valence-electron chi connectivity index (χ0n) is 15.9. The van der Waals surface area contributed by atoms with E-state index in [1.807, 2.05) is 42.5 Å². The number of hydrogen-bond donors (Lipinski definition) is 2. The molecule has 1 fully saturated rings. The van der Waals surface area contributed by atoms with Gasteiger partial charge in [0.15, 0.2) is 0 Å². The van der Waals surface area contributed by atoms with Gasteiger partial charge in [-0.2, -0.15) is 0 Å². The van der Waals surface area contributed by atoms with Crippen molar-refractivity contribution in [2.45, 2.75) is 32.7 Å². The van der Waals surface area contributed by atoms with Crippen molar-refractivity contribution in [3.05, 3.63) is 60.2 Å². The zero-order chi connectivity index (χ0) is 19.2. The minimum Gasteiger partial charge on any atom is -0.325 e. The lowest BCUT2D eigenvalue weighted by molar-refractivity contribution is -0.117. The second-order valence-corrected chi connectivity index (χ2v) is 7.26. The molecule has 0 spiro atoms. The first kappa shape index (κ1) is 19.1. The Bertz CT molecular complexity index is 772. The second-order valence-electron chi connectivity index (χ2n) is 7.26. The van der Waals surface area contributed by atoms with Gasteiger partial charge in [-0.15, -0.1) is 0 Å². The highest BCUT2D eigenvalue weighted by atomic mass is 16.2. The number of nitrogens with one attached hydrogen (secondary N) is 2. The van der Waals surface area contributed by atoms with E-state index in [1.54, 1.807) is 4.90 Å². The third-order valence-electron chi connectivity index (χ3n) is 4.84. The van der Waals surface area contributed by atoms with E-state index in [-0.39, 0.29) is 24.4 Å². The fourth-order valence-electron chi connectivity index (χ4n) is 3.45. The Balaban J connectivity index is 1.55. The Morgan fingerprint density at radius 3 is 2.37 bits per heavy atom. The molecule has 5 nitrogen and oxygen atoms in total. The molecule has 0 aliphatic carbocycles. The largest absolute Gasteiger partial charge is 0.325 e. The van der Waals surface area contributed by atoms with Crippen molar-refractivity contribution in [3.8, 4) is 0 Å². The molecule has 0 radical (unpaired) electrons. The number of benzene rings is 2. The van der Waals surface area contributed by atoms with Crippen molar-refractivity contribution < 1.29 is 9.59 Å². The molecule has 1 atom stereocenters. The molecule has 5 heteroatoms. The Morgan fingerprint density at radius 2 is 1.78 bits per heavy atom. The maximum Gasteiger partial charge on any atom is 0.238 e. The summed E-state index contributed by atoms with van der Waals surface area (Å²) >= 11 is 0. The lowest BCUT2D eigenvalue weighted by atomic mass is 9.96. The van der Waals surface area contributed by atoms with E-state index in [2.05, 4.69) is 36.6 Å². The third kappa shape index (κ3) is 4.95. The summed E-state index contributed by atoms with van der Waals surface area (Å²) in [4.78, 5) is 25.9. The van der Waals surface area contributed by atoms with Crippen LogP contribution in [0.1, 0.15) is 38.3 Å². The number of rotatable bonds is 7. The first-order chi connectivity index (χ1) is 13.0. The smallest absolute Gasteiger partial charge is 0.238 e. The molecule has 2 N–H and O–H groups in total. The van der Waals surface area contributed by atoms with Crippen LogP contribution in [0.15, 0.2) is 54.6 Å². The lowest BCUT2D eigenvalue weighted by Gasteiger charge is -2.22. The van der Waals surface area contributed by atoms with E-state index in [0.29, 0.717) is 12.3 Å². The first-order valence-corrected chi connectivity index (χ1v) is 9.53. The van der Waals surface area contributed by atoms with Crippen molar-refractivity contribution in [2.75, 3.05) is 23.3 Å². The molecule has 0 saturated carbocycles. The molecule has 1 aliphatic rings. The Labute approximate surface area is 160 Å². The van der Waals surface area contributed by atoms with Crippen LogP contribution in [0.5, 0.6) is 0 Å². The Hall–Kier alpha value is -2.66. The van der Waals surface area contributed by atoms with Gasteiger partial charge in [0.05, 0.1) is 6.54 Å². The lowest BCUT2D eigenvalue weighted by Crippen LogP contribution is -2.33. The van der Waals surface area contributed by atoms with Gasteiger partial charge in [0.1, 0.15) is 0 Å². The summed E-state index contributed by atoms with van der Waals surface area (Å²) in [7, 11) is 0. The van der Waals surface area contributed by atoms with Gasteiger partial charge in [0, 0.05) is 30.4 Å². The summed E-state index contributed by atoms with van der Waals surface area (Å²) in [6.45, 7) is 5.29. The van der Waals surface area contributed by atoms with E-state index < -0.39 is 0 Å². The molecule has 1 heterocycles. The summed E-state index contributed by atoms with van der Waals surface area (Å²) in [5.41, 5.74) is 2.80. The van der Waals surface area contributed by atoms with Crippen LogP contribution in [-0.2, 0) is 9.59 Å². The fourth-order valence-corrected chi connectivity index (χ4v) is 3.45. The molecule has 0 unspecified atom stereocenters. The molecule has 2 amide bonds. The molecule has 3 rings (SSSR count). The maximum atomic E-state index is 12.3. The Morgan fingerprint density at radius 1 is 1.07 bits per heavy atom. The normalized spacial score (nSPS) is 15.2. The van der Waals surface area contributed by atoms with Crippen LogP contribution in [0.3, 0.4) is 0 Å². The van der Waals surface area contributed by atoms with Crippen LogP contribution in [-0.4, -0.2) is 24.9 Å². The predicted molar refractivity (Wildman–Crippen MR) is 109 cm³/mol. The number of hydrogen-bond acceptors (Lipinski definition) is 3. The predicted octanol–water partition coefficient (Wildman–Crippen LogP) is 3.74. The Kier molecular flexibility index (Phi) is 6.24. The van der Waals surface area contributed by atoms with Gasteiger partial charge >= 0.3 is 0 Å². The number of amides is 2. The number of nitrogens with zero attached hydrogens (tertiary/aromatic N) is 1. The van der Waals surface area contributed by atoms with Crippen molar-refractivity contribution >= 4 is 23.2 Å². The topological polar surface area (TPSA) is 61.4 Å². The molecule has 1 aliphatic heterocycles. The first-order valence-electron chi connectivity index (χ1n) is 9.53. The maximum absolute atomic E-state index is 12.3. The molecular formula is C22H27N3O2. The highest BCUT2D eigenvalue weighted by Crippen LogP contribution is 2.23. The van der Waals surface area contributed by atoms with Crippen LogP contribution < -0.4 is 15.5 Å². The molecule has 0 bridgehead atoms. The number of carbonyl (C=O) groups is 2. The van der Waals surface area contributed by atoms with Crippen LogP contribution in [0.4, 0.5) is 11.4 Å². The molecule has 2 aromatic carbocycles. The third-order valence-corrected chi connectivity index (χ3v) is 4.84. The van der Waals surface area contributed by atoms with Gasteiger partial charge in [-0.1, -0.05) is 44.2 Å². The zero-order valence-corrected chi connectivity index (χ0v) is 15.9. The summed E-state index contributed by atoms with van der Waals surface area (Å²) in [5.74, 6) is 0.454. The minimum absolute atomic E-state index is 0.0819. The quantitative estimate of drug-likeness (QED) is 0.786. The van der Waals surface area contributed by atoms with Crippen molar-refractivity contribution in [1.82, 2.24) is 5.32 Å². The molecule has 2 aromatic rings. The van der Waals surface area contributed by atoms with E-state index in [0.717, 1.165) is 24.3 Å². The molecule has 0 aromatic heterocycles. The van der Waals surface area contributed by atoms with E-state index in [9.17, 15) is 9.59 Å². The van der Waals surface area contributed by atoms with Crippen molar-refractivity contribution in [2.24, 2.45) is 5.92 Å². The van der Waals surface area contributed by atoms with Crippen molar-refractivity contribution in [3.63, 3.8) is 0 Å². The number of anilines is 2. The van der Waals surface area contributed by atoms with Gasteiger partial charge < -0.3 is 15.5 Å². The molecular weight excluding hydrogens is 338 g/mol. The molecule has 1 saturated heterocycles. The van der Waals surface area contributed by atoms with Crippen LogP contribution >= 0.6 is 0 Å². The van der Waals surface area contributed by atoms with Gasteiger partial charge in [-0.3, -0.25) is 9.59 Å². The van der Waals surface area contributed by atoms with Gasteiger partial charge in [-0.25, -0.2) is 0 Å². The van der Waals surface area contributed by atoms with Crippen LogP contribution in [0, 0.1) is 5.92 Å². The highest BCUT2D eigenvalue weighted by Gasteiger charge is 2.21. The standard InChI is InChI=1S/C22H27N3O2/c1-16(2)22(17-7-4-3-5-8-17)23-15-20(26)24-18-10-12-19(13-11-18)25-14-6-9-21(25)27/h3-5,7-8,10-13,16,22-23H,6,9,14-15H2,1-2H3,(H,24,26)/t22-/m1/s1. The molecule has 142 valence electrons. The summed E-state index contributed by atoms with van der Waals surface area (Å²) in [6.07, 6.45) is 1.52. The number of carbonyl (C=O) groups excluding carboxylic acids is 2. The summed E-state index contributed by atoms with van der Waals surface area (Å²) < 4.78 is 0. The van der Waals surface area contributed by atoms with Gasteiger partial charge in [0.25, 0.3) is 0 Å². The summed E-state index contributed by atoms with van der Waals surface area (Å²) in [6, 6.07) is 17.7.